The minimum Gasteiger partial charge on any atom is -0.455 e. The van der Waals surface area contributed by atoms with Crippen LogP contribution in [0.1, 0.15) is 98.5 Å². The van der Waals surface area contributed by atoms with Crippen LogP contribution in [0.2, 0.25) is 0 Å². The summed E-state index contributed by atoms with van der Waals surface area (Å²) in [6.07, 6.45) is 7.11. The van der Waals surface area contributed by atoms with Gasteiger partial charge < -0.3 is 20.1 Å². The zero-order valence-corrected chi connectivity index (χ0v) is 30.6. The number of fused-ring (bicyclic) bond motifs is 7. The van der Waals surface area contributed by atoms with Crippen LogP contribution >= 0.6 is 0 Å². The molecule has 0 unspecified atom stereocenters. The monoisotopic (exact) mass is 707 g/mol. The first-order valence-electron chi connectivity index (χ1n) is 18.3. The first-order chi connectivity index (χ1) is 23.8. The van der Waals surface area contributed by atoms with Crippen LogP contribution in [0.25, 0.3) is 0 Å². The fraction of sp³-hybridized carbons (Fsp3) is 0.692. The van der Waals surface area contributed by atoms with Gasteiger partial charge in [0.2, 0.25) is 0 Å². The molecule has 4 fully saturated rings. The van der Waals surface area contributed by atoms with Crippen molar-refractivity contribution in [2.45, 2.75) is 105 Å². The van der Waals surface area contributed by atoms with E-state index in [0.29, 0.717) is 50.5 Å². The Balaban J connectivity index is 1.28. The minimum absolute atomic E-state index is 0.0164. The largest absolute Gasteiger partial charge is 0.455 e. The number of hydrogen-bond acceptors (Lipinski definition) is 10. The Bertz CT molecular complexity index is 1670. The highest BCUT2D eigenvalue weighted by Crippen LogP contribution is 2.75. The van der Waals surface area contributed by atoms with Gasteiger partial charge in [0, 0.05) is 29.4 Å². The topological polar surface area (TPSA) is 189 Å². The number of nitro benzene ring substituents is 1. The number of amides is 1. The van der Waals surface area contributed by atoms with Gasteiger partial charge in [-0.05, 0) is 110 Å². The van der Waals surface area contributed by atoms with Crippen LogP contribution in [0.4, 0.5) is 5.69 Å². The number of ketones is 1. The number of esters is 1. The third-order valence-corrected chi connectivity index (χ3v) is 15.2. The van der Waals surface area contributed by atoms with E-state index in [-0.39, 0.29) is 35.8 Å². The molecule has 6 rings (SSSR count). The number of non-ortho nitro benzene ring substituents is 1. The van der Waals surface area contributed by atoms with E-state index in [0.717, 1.165) is 12.0 Å². The van der Waals surface area contributed by atoms with Gasteiger partial charge in [0.25, 0.3) is 11.6 Å². The van der Waals surface area contributed by atoms with E-state index < -0.39 is 68.1 Å². The van der Waals surface area contributed by atoms with E-state index in [4.69, 9.17) is 4.74 Å². The zero-order chi connectivity index (χ0) is 37.4. The normalized spacial score (nSPS) is 43.2. The summed E-state index contributed by atoms with van der Waals surface area (Å²) in [7, 11) is 0. The van der Waals surface area contributed by atoms with Crippen molar-refractivity contribution in [2.24, 2.45) is 55.8 Å². The molecule has 0 radical (unpaired) electrons. The molecule has 11 atom stereocenters. The summed E-state index contributed by atoms with van der Waals surface area (Å²) in [6.45, 7) is 11.5. The van der Waals surface area contributed by atoms with Gasteiger partial charge in [0.05, 0.1) is 34.9 Å². The summed E-state index contributed by atoms with van der Waals surface area (Å²) in [5.74, 6) is -2.51. The Morgan fingerprint density at radius 3 is 2.35 bits per heavy atom. The van der Waals surface area contributed by atoms with Gasteiger partial charge in [-0.2, -0.15) is 5.10 Å². The van der Waals surface area contributed by atoms with Crippen molar-refractivity contribution < 1.29 is 39.4 Å². The lowest BCUT2D eigenvalue weighted by Crippen LogP contribution is -2.69. The molecule has 0 spiro atoms. The summed E-state index contributed by atoms with van der Waals surface area (Å²) in [4.78, 5) is 52.1. The number of hydrazone groups is 1. The summed E-state index contributed by atoms with van der Waals surface area (Å²) in [6, 6.07) is 5.63. The van der Waals surface area contributed by atoms with Gasteiger partial charge in [-0.15, -0.1) is 0 Å². The number of nitrogens with zero attached hydrogens (tertiary/aromatic N) is 2. The van der Waals surface area contributed by atoms with Crippen molar-refractivity contribution in [1.29, 1.82) is 0 Å². The van der Waals surface area contributed by atoms with Crippen molar-refractivity contribution >= 4 is 29.6 Å². The number of carbonyl (C=O) groups excluding carboxylic acids is 3. The highest BCUT2D eigenvalue weighted by molar-refractivity contribution is 5.96. The molecular weight excluding hydrogens is 654 g/mol. The molecule has 0 aromatic heterocycles. The number of rotatable bonds is 7. The molecule has 12 heteroatoms. The average molecular weight is 708 g/mol. The number of nitro groups is 1. The predicted octanol–water partition coefficient (Wildman–Crippen LogP) is 4.87. The van der Waals surface area contributed by atoms with Gasteiger partial charge in [0.15, 0.2) is 12.4 Å². The van der Waals surface area contributed by atoms with Crippen LogP contribution in [0, 0.1) is 60.9 Å². The lowest BCUT2D eigenvalue weighted by molar-refractivity contribution is -0.384. The summed E-state index contributed by atoms with van der Waals surface area (Å²) < 4.78 is 5.71. The molecule has 0 saturated heterocycles. The fourth-order valence-electron chi connectivity index (χ4n) is 11.9. The smallest absolute Gasteiger partial charge is 0.313 e. The van der Waals surface area contributed by atoms with E-state index in [1.54, 1.807) is 13.0 Å². The van der Waals surface area contributed by atoms with E-state index in [1.807, 2.05) is 13.8 Å². The molecule has 278 valence electrons. The second kappa shape index (κ2) is 12.6. The van der Waals surface area contributed by atoms with Crippen molar-refractivity contribution in [3.8, 4) is 0 Å². The first-order valence-corrected chi connectivity index (χ1v) is 18.3. The van der Waals surface area contributed by atoms with Crippen LogP contribution in [-0.4, -0.2) is 69.0 Å². The molecule has 0 aliphatic heterocycles. The number of allylic oxidation sites excluding steroid dienone is 1. The average Bonchev–Trinajstić information content (AvgIpc) is 3.08. The molecule has 1 aromatic rings. The van der Waals surface area contributed by atoms with Crippen LogP contribution in [0.5, 0.6) is 0 Å². The summed E-state index contributed by atoms with van der Waals surface area (Å²) in [5.41, 5.74) is -1.06. The Kier molecular flexibility index (Phi) is 9.20. The third-order valence-electron chi connectivity index (χ3n) is 15.2. The number of hydrogen-bond donors (Lipinski definition) is 4. The van der Waals surface area contributed by atoms with Gasteiger partial charge in [-0.3, -0.25) is 24.5 Å². The number of nitrogens with one attached hydrogen (secondary N) is 1. The van der Waals surface area contributed by atoms with Gasteiger partial charge in [-0.1, -0.05) is 40.2 Å². The third kappa shape index (κ3) is 5.41. The Hall–Kier alpha value is -3.48. The van der Waals surface area contributed by atoms with Gasteiger partial charge >= 0.3 is 5.97 Å². The van der Waals surface area contributed by atoms with Gasteiger partial charge in [-0.25, -0.2) is 5.43 Å². The molecule has 4 saturated carbocycles. The molecule has 4 N–H and O–H groups in total. The molecule has 51 heavy (non-hydrogen) atoms. The van der Waals surface area contributed by atoms with E-state index in [1.165, 1.54) is 30.5 Å². The minimum atomic E-state index is -1.34. The molecule has 0 bridgehead atoms. The fourth-order valence-corrected chi connectivity index (χ4v) is 11.9. The molecule has 1 amide bonds. The summed E-state index contributed by atoms with van der Waals surface area (Å²) >= 11 is 0. The Labute approximate surface area is 299 Å². The maximum Gasteiger partial charge on any atom is 0.313 e. The lowest BCUT2D eigenvalue weighted by Gasteiger charge is -2.71. The molecule has 5 aliphatic rings. The zero-order valence-electron chi connectivity index (χ0n) is 30.6. The Morgan fingerprint density at radius 1 is 1.02 bits per heavy atom. The highest BCUT2D eigenvalue weighted by Gasteiger charge is 2.73. The number of carbonyl (C=O) groups is 3. The maximum atomic E-state index is 14.7. The van der Waals surface area contributed by atoms with E-state index in [9.17, 15) is 39.8 Å². The van der Waals surface area contributed by atoms with Crippen LogP contribution in [0.3, 0.4) is 0 Å². The second-order valence-corrected chi connectivity index (χ2v) is 17.5. The van der Waals surface area contributed by atoms with Crippen molar-refractivity contribution in [2.75, 3.05) is 13.2 Å². The number of ether oxygens (including phenoxy) is 1. The van der Waals surface area contributed by atoms with Crippen molar-refractivity contribution in [3.63, 3.8) is 0 Å². The molecular formula is C39H53N3O9. The van der Waals surface area contributed by atoms with Crippen molar-refractivity contribution in [3.05, 3.63) is 51.6 Å². The Morgan fingerprint density at radius 2 is 1.71 bits per heavy atom. The second-order valence-electron chi connectivity index (χ2n) is 17.5. The van der Waals surface area contributed by atoms with E-state index >= 15 is 0 Å². The first kappa shape index (κ1) is 37.3. The number of benzene rings is 1. The number of aliphatic hydroxyl groups is 3. The van der Waals surface area contributed by atoms with Crippen LogP contribution in [0.15, 0.2) is 41.0 Å². The number of aliphatic hydroxyl groups excluding tert-OH is 2. The SMILES string of the molecule is C[C@@H]1CC[C@]2(C(=O)OCC(=O)N/N=C/c3ccc([N+](=O)[O-])cc3)CC[C@]3(C)C(=CC(=O)[C@@H]4[C@@]5(C)CC[C@H](O)[C@](C)(CO)[C@@H]5CC[C@]43C)[C@@H]2[C@]1(C)O. The molecule has 0 heterocycles. The molecule has 12 nitrogen and oxygen atoms in total. The molecule has 5 aliphatic carbocycles. The summed E-state index contributed by atoms with van der Waals surface area (Å²) in [5, 5.41) is 48.7. The maximum absolute atomic E-state index is 14.7. The van der Waals surface area contributed by atoms with Gasteiger partial charge in [0.1, 0.15) is 0 Å². The predicted molar refractivity (Wildman–Crippen MR) is 188 cm³/mol. The quantitative estimate of drug-likeness (QED) is 0.133. The van der Waals surface area contributed by atoms with Crippen molar-refractivity contribution in [1.82, 2.24) is 5.43 Å². The van der Waals surface area contributed by atoms with E-state index in [2.05, 4.69) is 31.3 Å². The lowest BCUT2D eigenvalue weighted by atomic mass is 9.33. The van der Waals surface area contributed by atoms with Crippen LogP contribution < -0.4 is 5.43 Å². The molecule has 1 aromatic carbocycles. The van der Waals surface area contributed by atoms with Crippen LogP contribution in [-0.2, 0) is 19.1 Å². The highest BCUT2D eigenvalue weighted by atomic mass is 16.6. The standard InChI is InChI=1S/C39H53N3O9/c1-23-11-16-39(33(47)51-21-30(46)41-40-20-24-7-9-25(10-8-24)42(49)50)18-17-36(4)26(31(39)38(23,6)48)19-27(44)32-34(2)14-13-29(45)35(3,22-43)28(34)12-15-37(32,36)5/h7-10,19-20,23,28-29,31-32,43,45,48H,11-18,21-22H2,1-6H3,(H,41,46)/b40-20+/t23-,28-,29+,31-,32-,34+,35-,36-,37-,38-,39+/m1/s1.